The molecule has 0 spiro atoms. The molecule has 0 amide bonds. The number of hydrogen-bond acceptors (Lipinski definition) is 6. The van der Waals surface area contributed by atoms with E-state index >= 15 is 0 Å². The maximum Gasteiger partial charge on any atom is 0.393 e. The van der Waals surface area contributed by atoms with E-state index in [1.807, 2.05) is 0 Å². The van der Waals surface area contributed by atoms with Crippen LogP contribution in [0.4, 0.5) is 13.2 Å². The molecule has 6 nitrogen and oxygen atoms in total. The highest BCUT2D eigenvalue weighted by Gasteiger charge is 2.46. The van der Waals surface area contributed by atoms with Crippen LogP contribution in [0.5, 0.6) is 5.75 Å². The minimum atomic E-state index is -4.51. The first-order valence-electron chi connectivity index (χ1n) is 9.95. The molecule has 1 aromatic carbocycles. The minimum Gasteiger partial charge on any atom is -0.511 e. The van der Waals surface area contributed by atoms with Gasteiger partial charge in [-0.2, -0.15) is 13.2 Å². The van der Waals surface area contributed by atoms with Crippen molar-refractivity contribution in [2.75, 3.05) is 6.61 Å². The molecule has 0 aliphatic heterocycles. The van der Waals surface area contributed by atoms with E-state index in [4.69, 9.17) is 0 Å². The molecule has 3 N–H and O–H groups in total. The number of phenols is 1. The Labute approximate surface area is 176 Å². The summed E-state index contributed by atoms with van der Waals surface area (Å²) in [6.07, 6.45) is -5.93. The van der Waals surface area contributed by atoms with Gasteiger partial charge in [0.2, 0.25) is 0 Å². The average Bonchev–Trinajstić information content (AvgIpc) is 2.62. The molecule has 0 saturated heterocycles. The van der Waals surface area contributed by atoms with Crippen molar-refractivity contribution >= 4 is 17.3 Å². The average molecular weight is 440 g/mol. The van der Waals surface area contributed by atoms with Gasteiger partial charge in [0.25, 0.3) is 0 Å². The zero-order chi connectivity index (χ0) is 23.1. The van der Waals surface area contributed by atoms with Crippen LogP contribution in [-0.2, 0) is 22.4 Å². The van der Waals surface area contributed by atoms with Crippen LogP contribution in [0.3, 0.4) is 0 Å². The van der Waals surface area contributed by atoms with Crippen molar-refractivity contribution in [1.29, 1.82) is 0 Å². The quantitative estimate of drug-likeness (QED) is 0.586. The number of carbonyl (C=O) groups excluding carboxylic acids is 3. The molecule has 0 saturated carbocycles. The molecule has 1 aromatic rings. The highest BCUT2D eigenvalue weighted by molar-refractivity contribution is 6.14. The van der Waals surface area contributed by atoms with Gasteiger partial charge in [0.1, 0.15) is 17.3 Å². The number of phenolic OH excluding ortho intramolecular Hbond substituents is 1. The van der Waals surface area contributed by atoms with Gasteiger partial charge in [-0.05, 0) is 55.2 Å². The molecule has 9 heteroatoms. The minimum absolute atomic E-state index is 0.0180. The summed E-state index contributed by atoms with van der Waals surface area (Å²) in [5.41, 5.74) is -0.443. The number of aliphatic hydroxyl groups is 2. The number of ketones is 3. The number of allylic oxidation sites excluding steroid dienone is 2. The summed E-state index contributed by atoms with van der Waals surface area (Å²) in [7, 11) is 0. The standard InChI is InChI=1S/C22H23F3O6/c1-10(27)6-16(29)17-11(4-5-26)7-13-8-14-12(9-22(23,24)25)2-3-15(28)19(14)21(31)18(13)20(17)30/h2-3,11,13,17,26,28,30H,4-9H2,1H3. The van der Waals surface area contributed by atoms with Crippen LogP contribution in [-0.4, -0.2) is 45.5 Å². The summed E-state index contributed by atoms with van der Waals surface area (Å²) in [4.78, 5) is 37.2. The third kappa shape index (κ3) is 4.51. The lowest BCUT2D eigenvalue weighted by Crippen LogP contribution is -2.39. The molecular formula is C22H23F3O6. The monoisotopic (exact) mass is 440 g/mol. The molecule has 168 valence electrons. The van der Waals surface area contributed by atoms with Crippen LogP contribution in [0.1, 0.15) is 47.7 Å². The summed E-state index contributed by atoms with van der Waals surface area (Å²) in [6, 6.07) is 2.16. The van der Waals surface area contributed by atoms with Crippen LogP contribution in [0.15, 0.2) is 23.5 Å². The first-order chi connectivity index (χ1) is 14.4. The SMILES string of the molecule is CC(=O)CC(=O)C1C(O)=C2C(=O)c3c(O)ccc(CC(F)(F)F)c3CC2CC1CCO. The molecule has 3 unspecified atom stereocenters. The Balaban J connectivity index is 2.12. The molecule has 2 aliphatic rings. The highest BCUT2D eigenvalue weighted by atomic mass is 19.4. The van der Waals surface area contributed by atoms with Crippen molar-refractivity contribution in [3.05, 3.63) is 40.2 Å². The molecule has 0 aromatic heterocycles. The van der Waals surface area contributed by atoms with Crippen molar-refractivity contribution in [3.63, 3.8) is 0 Å². The van der Waals surface area contributed by atoms with Crippen molar-refractivity contribution in [2.45, 2.75) is 45.2 Å². The van der Waals surface area contributed by atoms with E-state index in [1.165, 1.54) is 6.92 Å². The predicted octanol–water partition coefficient (Wildman–Crippen LogP) is 3.23. The molecule has 2 aliphatic carbocycles. The Morgan fingerprint density at radius 1 is 1.19 bits per heavy atom. The number of fused-ring (bicyclic) bond motifs is 2. The summed E-state index contributed by atoms with van der Waals surface area (Å²) in [5.74, 6) is -5.20. The second-order valence-electron chi connectivity index (χ2n) is 8.25. The maximum absolute atomic E-state index is 13.2. The van der Waals surface area contributed by atoms with E-state index in [9.17, 15) is 42.9 Å². The Bertz CT molecular complexity index is 963. The third-order valence-corrected chi connectivity index (χ3v) is 6.01. The van der Waals surface area contributed by atoms with Gasteiger partial charge in [0.05, 0.1) is 24.3 Å². The molecule has 0 fully saturated rings. The van der Waals surface area contributed by atoms with Crippen molar-refractivity contribution < 1.29 is 42.9 Å². The number of benzene rings is 1. The number of hydrogen-bond donors (Lipinski definition) is 3. The van der Waals surface area contributed by atoms with Gasteiger partial charge in [0.15, 0.2) is 11.6 Å². The van der Waals surface area contributed by atoms with E-state index in [-0.39, 0.29) is 48.1 Å². The molecule has 0 heterocycles. The maximum atomic E-state index is 13.2. The fraction of sp³-hybridized carbons (Fsp3) is 0.500. The van der Waals surface area contributed by atoms with Gasteiger partial charge in [-0.25, -0.2) is 0 Å². The van der Waals surface area contributed by atoms with Crippen LogP contribution < -0.4 is 0 Å². The van der Waals surface area contributed by atoms with Gasteiger partial charge in [-0.15, -0.1) is 0 Å². The highest BCUT2D eigenvalue weighted by Crippen LogP contribution is 2.47. The summed E-state index contributed by atoms with van der Waals surface area (Å²) >= 11 is 0. The number of Topliss-reactive ketones (excluding diaryl/α,β-unsaturated/α-hetero) is 3. The lowest BCUT2D eigenvalue weighted by atomic mass is 9.64. The van der Waals surface area contributed by atoms with E-state index < -0.39 is 65.6 Å². The molecule has 3 atom stereocenters. The van der Waals surface area contributed by atoms with Gasteiger partial charge >= 0.3 is 6.18 Å². The van der Waals surface area contributed by atoms with E-state index in [0.29, 0.717) is 0 Å². The van der Waals surface area contributed by atoms with Crippen LogP contribution in [0.25, 0.3) is 0 Å². The zero-order valence-electron chi connectivity index (χ0n) is 16.8. The van der Waals surface area contributed by atoms with E-state index in [1.54, 1.807) is 0 Å². The molecule has 3 rings (SSSR count). The largest absolute Gasteiger partial charge is 0.511 e. The lowest BCUT2D eigenvalue weighted by molar-refractivity contribution is -0.130. The van der Waals surface area contributed by atoms with Crippen molar-refractivity contribution in [3.8, 4) is 5.75 Å². The smallest absolute Gasteiger partial charge is 0.393 e. The third-order valence-electron chi connectivity index (χ3n) is 6.01. The molecule has 0 radical (unpaired) electrons. The molecule has 31 heavy (non-hydrogen) atoms. The molecular weight excluding hydrogens is 417 g/mol. The summed E-state index contributed by atoms with van der Waals surface area (Å²) < 4.78 is 39.1. The summed E-state index contributed by atoms with van der Waals surface area (Å²) in [5, 5.41) is 30.5. The zero-order valence-corrected chi connectivity index (χ0v) is 16.8. The second kappa shape index (κ2) is 8.45. The topological polar surface area (TPSA) is 112 Å². The Morgan fingerprint density at radius 2 is 1.87 bits per heavy atom. The number of aromatic hydroxyl groups is 1. The number of alkyl halides is 3. The fourth-order valence-corrected chi connectivity index (χ4v) is 4.86. The number of rotatable bonds is 6. The van der Waals surface area contributed by atoms with Crippen LogP contribution in [0, 0.1) is 17.8 Å². The number of carbonyl (C=O) groups is 3. The van der Waals surface area contributed by atoms with Crippen molar-refractivity contribution in [2.24, 2.45) is 17.8 Å². The normalized spacial score (nSPS) is 23.4. The van der Waals surface area contributed by atoms with Gasteiger partial charge in [-0.3, -0.25) is 14.4 Å². The Kier molecular flexibility index (Phi) is 6.27. The van der Waals surface area contributed by atoms with Crippen LogP contribution >= 0.6 is 0 Å². The predicted molar refractivity (Wildman–Crippen MR) is 103 cm³/mol. The fourth-order valence-electron chi connectivity index (χ4n) is 4.86. The van der Waals surface area contributed by atoms with E-state index in [0.717, 1.165) is 12.1 Å². The molecule has 0 bridgehead atoms. The van der Waals surface area contributed by atoms with Crippen molar-refractivity contribution in [1.82, 2.24) is 0 Å². The first kappa shape index (κ1) is 23.0. The van der Waals surface area contributed by atoms with Gasteiger partial charge < -0.3 is 15.3 Å². The van der Waals surface area contributed by atoms with Gasteiger partial charge in [-0.1, -0.05) is 6.07 Å². The Morgan fingerprint density at radius 3 is 2.45 bits per heavy atom. The Hall–Kier alpha value is -2.68. The van der Waals surface area contributed by atoms with Gasteiger partial charge in [0, 0.05) is 12.2 Å². The lowest BCUT2D eigenvalue weighted by Gasteiger charge is -2.39. The summed E-state index contributed by atoms with van der Waals surface area (Å²) in [6.45, 7) is 0.922. The second-order valence-corrected chi connectivity index (χ2v) is 8.25. The first-order valence-corrected chi connectivity index (χ1v) is 9.95. The van der Waals surface area contributed by atoms with Crippen LogP contribution in [0.2, 0.25) is 0 Å². The van der Waals surface area contributed by atoms with E-state index in [2.05, 4.69) is 0 Å². The number of halogens is 3. The number of aliphatic hydroxyl groups excluding tert-OH is 2.